The Morgan fingerprint density at radius 3 is 1.96 bits per heavy atom. The number of ketones is 1. The summed E-state index contributed by atoms with van der Waals surface area (Å²) < 4.78 is 0. The Morgan fingerprint density at radius 1 is 0.760 bits per heavy atom. The molecule has 0 spiro atoms. The number of benzene rings is 3. The van der Waals surface area contributed by atoms with Crippen LogP contribution < -0.4 is 4.90 Å². The van der Waals surface area contributed by atoms with E-state index >= 15 is 0 Å². The Hall–Kier alpha value is -2.91. The van der Waals surface area contributed by atoms with Gasteiger partial charge in [0, 0.05) is 28.9 Å². The van der Waals surface area contributed by atoms with Gasteiger partial charge in [-0.05, 0) is 42.5 Å². The van der Waals surface area contributed by atoms with Crippen molar-refractivity contribution in [2.75, 3.05) is 11.9 Å². The molecule has 3 rings (SSSR count). The van der Waals surface area contributed by atoms with Crippen LogP contribution in [0.3, 0.4) is 0 Å². The van der Waals surface area contributed by atoms with Gasteiger partial charge >= 0.3 is 0 Å². The van der Waals surface area contributed by atoms with Crippen molar-refractivity contribution in [3.05, 3.63) is 101 Å². The first-order valence-corrected chi connectivity index (χ1v) is 8.18. The number of halogens is 1. The van der Waals surface area contributed by atoms with E-state index in [4.69, 9.17) is 11.6 Å². The minimum Gasteiger partial charge on any atom is -0.311 e. The van der Waals surface area contributed by atoms with E-state index in [1.54, 1.807) is 55.6 Å². The molecule has 0 saturated heterocycles. The number of carbonyl (C=O) groups excluding carboxylic acids is 2. The first kappa shape index (κ1) is 16.9. The summed E-state index contributed by atoms with van der Waals surface area (Å²) in [6.45, 7) is 0. The maximum Gasteiger partial charge on any atom is 0.258 e. The predicted octanol–water partition coefficient (Wildman–Crippen LogP) is 4.85. The van der Waals surface area contributed by atoms with E-state index in [0.717, 1.165) is 5.69 Å². The third kappa shape index (κ3) is 3.62. The van der Waals surface area contributed by atoms with Crippen LogP contribution in [0.5, 0.6) is 0 Å². The van der Waals surface area contributed by atoms with Crippen LogP contribution in [-0.2, 0) is 0 Å². The lowest BCUT2D eigenvalue weighted by atomic mass is 9.97. The van der Waals surface area contributed by atoms with Crippen LogP contribution in [0.25, 0.3) is 0 Å². The van der Waals surface area contributed by atoms with Gasteiger partial charge in [-0.25, -0.2) is 0 Å². The Morgan fingerprint density at radius 2 is 1.32 bits per heavy atom. The fourth-order valence-electron chi connectivity index (χ4n) is 2.57. The highest BCUT2D eigenvalue weighted by atomic mass is 35.5. The highest BCUT2D eigenvalue weighted by molar-refractivity contribution is 6.30. The fraction of sp³-hybridized carbons (Fsp3) is 0.0476. The van der Waals surface area contributed by atoms with E-state index in [1.165, 1.54) is 4.90 Å². The number of para-hydroxylation sites is 1. The zero-order chi connectivity index (χ0) is 17.8. The maximum atomic E-state index is 12.9. The summed E-state index contributed by atoms with van der Waals surface area (Å²) in [6.07, 6.45) is 0. The summed E-state index contributed by atoms with van der Waals surface area (Å²) in [5.41, 5.74) is 2.00. The van der Waals surface area contributed by atoms with Crippen molar-refractivity contribution < 1.29 is 9.59 Å². The van der Waals surface area contributed by atoms with Crippen LogP contribution >= 0.6 is 11.6 Å². The maximum absolute atomic E-state index is 12.9. The summed E-state index contributed by atoms with van der Waals surface area (Å²) in [7, 11) is 1.70. The van der Waals surface area contributed by atoms with Crippen LogP contribution in [0.15, 0.2) is 78.9 Å². The van der Waals surface area contributed by atoms with Gasteiger partial charge in [0.1, 0.15) is 0 Å². The molecule has 0 atom stereocenters. The average Bonchev–Trinajstić information content (AvgIpc) is 2.67. The molecule has 0 bridgehead atoms. The molecule has 0 aliphatic heterocycles. The lowest BCUT2D eigenvalue weighted by Gasteiger charge is -2.19. The van der Waals surface area contributed by atoms with Crippen molar-refractivity contribution in [3.8, 4) is 0 Å². The van der Waals surface area contributed by atoms with E-state index in [1.807, 2.05) is 30.3 Å². The molecule has 0 heterocycles. The summed E-state index contributed by atoms with van der Waals surface area (Å²) in [6, 6.07) is 22.8. The Kier molecular flexibility index (Phi) is 4.96. The molecule has 0 unspecified atom stereocenters. The Bertz CT molecular complexity index is 905. The van der Waals surface area contributed by atoms with Gasteiger partial charge in [0.2, 0.25) is 0 Å². The standard InChI is InChI=1S/C21H16ClNO2/c1-23(17-7-3-2-4-8-17)21(25)19-10-6-5-9-18(19)20(24)15-11-13-16(22)14-12-15/h2-14H,1H3. The lowest BCUT2D eigenvalue weighted by molar-refractivity contribution is 0.0976. The normalized spacial score (nSPS) is 10.3. The van der Waals surface area contributed by atoms with Gasteiger partial charge in [0.05, 0.1) is 5.56 Å². The molecule has 1 amide bonds. The second-order valence-electron chi connectivity index (χ2n) is 5.58. The van der Waals surface area contributed by atoms with Crippen LogP contribution in [-0.4, -0.2) is 18.7 Å². The summed E-state index contributed by atoms with van der Waals surface area (Å²) >= 11 is 5.88. The molecule has 0 aromatic heterocycles. The number of hydrogen-bond acceptors (Lipinski definition) is 2. The van der Waals surface area contributed by atoms with Crippen molar-refractivity contribution in [2.45, 2.75) is 0 Å². The number of anilines is 1. The van der Waals surface area contributed by atoms with E-state index in [0.29, 0.717) is 21.7 Å². The quantitative estimate of drug-likeness (QED) is 0.631. The number of amides is 1. The molecule has 0 radical (unpaired) electrons. The van der Waals surface area contributed by atoms with E-state index in [2.05, 4.69) is 0 Å². The fourth-order valence-corrected chi connectivity index (χ4v) is 2.70. The molecular weight excluding hydrogens is 334 g/mol. The van der Waals surface area contributed by atoms with E-state index < -0.39 is 0 Å². The molecule has 0 aliphatic rings. The molecule has 0 N–H and O–H groups in total. The lowest BCUT2D eigenvalue weighted by Crippen LogP contribution is -2.28. The minimum atomic E-state index is -0.232. The SMILES string of the molecule is CN(C(=O)c1ccccc1C(=O)c1ccc(Cl)cc1)c1ccccc1. The summed E-state index contributed by atoms with van der Waals surface area (Å²) in [4.78, 5) is 27.3. The topological polar surface area (TPSA) is 37.4 Å². The van der Waals surface area contributed by atoms with Gasteiger partial charge in [-0.15, -0.1) is 0 Å². The zero-order valence-electron chi connectivity index (χ0n) is 13.6. The van der Waals surface area contributed by atoms with Crippen LogP contribution in [0.1, 0.15) is 26.3 Å². The molecule has 3 aromatic carbocycles. The van der Waals surface area contributed by atoms with Crippen LogP contribution in [0.4, 0.5) is 5.69 Å². The van der Waals surface area contributed by atoms with Gasteiger partial charge in [-0.1, -0.05) is 48.0 Å². The average molecular weight is 350 g/mol. The monoisotopic (exact) mass is 349 g/mol. The molecule has 0 saturated carbocycles. The number of carbonyl (C=O) groups is 2. The highest BCUT2D eigenvalue weighted by Gasteiger charge is 2.21. The van der Waals surface area contributed by atoms with Crippen molar-refractivity contribution >= 4 is 29.0 Å². The van der Waals surface area contributed by atoms with Gasteiger partial charge in [0.15, 0.2) is 5.78 Å². The molecule has 25 heavy (non-hydrogen) atoms. The van der Waals surface area contributed by atoms with Crippen molar-refractivity contribution in [2.24, 2.45) is 0 Å². The molecule has 0 aliphatic carbocycles. The first-order valence-electron chi connectivity index (χ1n) is 7.80. The summed E-state index contributed by atoms with van der Waals surface area (Å²) in [5, 5.41) is 0.560. The molecule has 3 nitrogen and oxygen atoms in total. The molecule has 124 valence electrons. The molecular formula is C21H16ClNO2. The zero-order valence-corrected chi connectivity index (χ0v) is 14.4. The van der Waals surface area contributed by atoms with Gasteiger partial charge in [-0.3, -0.25) is 9.59 Å². The molecule has 3 aromatic rings. The van der Waals surface area contributed by atoms with Crippen molar-refractivity contribution in [1.29, 1.82) is 0 Å². The van der Waals surface area contributed by atoms with Crippen molar-refractivity contribution in [1.82, 2.24) is 0 Å². The predicted molar refractivity (Wildman–Crippen MR) is 101 cm³/mol. The number of hydrogen-bond donors (Lipinski definition) is 0. The third-order valence-electron chi connectivity index (χ3n) is 3.96. The third-order valence-corrected chi connectivity index (χ3v) is 4.21. The minimum absolute atomic E-state index is 0.206. The smallest absolute Gasteiger partial charge is 0.258 e. The first-order chi connectivity index (χ1) is 12.1. The van der Waals surface area contributed by atoms with Gasteiger partial charge < -0.3 is 4.90 Å². The Balaban J connectivity index is 1.97. The Labute approximate surface area is 151 Å². The number of nitrogens with zero attached hydrogens (tertiary/aromatic N) is 1. The second-order valence-corrected chi connectivity index (χ2v) is 6.02. The number of rotatable bonds is 4. The van der Waals surface area contributed by atoms with Crippen LogP contribution in [0.2, 0.25) is 5.02 Å². The second kappa shape index (κ2) is 7.32. The summed E-state index contributed by atoms with van der Waals surface area (Å²) in [5.74, 6) is -0.439. The van der Waals surface area contributed by atoms with Gasteiger partial charge in [-0.2, -0.15) is 0 Å². The van der Waals surface area contributed by atoms with E-state index in [9.17, 15) is 9.59 Å². The molecule has 0 fully saturated rings. The highest BCUT2D eigenvalue weighted by Crippen LogP contribution is 2.20. The van der Waals surface area contributed by atoms with Gasteiger partial charge in [0.25, 0.3) is 5.91 Å². The largest absolute Gasteiger partial charge is 0.311 e. The van der Waals surface area contributed by atoms with Crippen molar-refractivity contribution in [3.63, 3.8) is 0 Å². The van der Waals surface area contributed by atoms with E-state index in [-0.39, 0.29) is 11.7 Å². The molecule has 4 heteroatoms. The van der Waals surface area contributed by atoms with Crippen LogP contribution in [0, 0.1) is 0 Å².